The number of amides is 1. The Morgan fingerprint density at radius 3 is 2.48 bits per heavy atom. The molecule has 0 aliphatic heterocycles. The number of nitrogens with one attached hydrogen (secondary N) is 1. The van der Waals surface area contributed by atoms with Crippen molar-refractivity contribution in [2.75, 3.05) is 19.4 Å². The minimum Gasteiger partial charge on any atom is -0.378 e. The SMILES string of the molecule is Cc1ccc(C(C)Nc2ccnc(C(=O)N(C)C)c2)cc1. The molecule has 110 valence electrons. The number of benzene rings is 1. The fourth-order valence-electron chi connectivity index (χ4n) is 2.05. The first kappa shape index (κ1) is 15.0. The number of carbonyl (C=O) groups excluding carboxylic acids is 1. The Hall–Kier alpha value is -2.36. The van der Waals surface area contributed by atoms with E-state index in [0.717, 1.165) is 5.69 Å². The first-order valence-electron chi connectivity index (χ1n) is 6.98. The van der Waals surface area contributed by atoms with Crippen molar-refractivity contribution < 1.29 is 4.79 Å². The number of hydrogen-bond acceptors (Lipinski definition) is 3. The summed E-state index contributed by atoms with van der Waals surface area (Å²) < 4.78 is 0. The lowest BCUT2D eigenvalue weighted by Gasteiger charge is -2.17. The zero-order valence-corrected chi connectivity index (χ0v) is 12.9. The van der Waals surface area contributed by atoms with Gasteiger partial charge in [0.25, 0.3) is 5.91 Å². The van der Waals surface area contributed by atoms with Crippen LogP contribution in [0.3, 0.4) is 0 Å². The van der Waals surface area contributed by atoms with E-state index >= 15 is 0 Å². The molecular formula is C17H21N3O. The van der Waals surface area contributed by atoms with Gasteiger partial charge in [0.1, 0.15) is 5.69 Å². The fraction of sp³-hybridized carbons (Fsp3) is 0.294. The van der Waals surface area contributed by atoms with Gasteiger partial charge in [0.15, 0.2) is 0 Å². The molecule has 0 saturated carbocycles. The van der Waals surface area contributed by atoms with Crippen molar-refractivity contribution in [1.82, 2.24) is 9.88 Å². The maximum Gasteiger partial charge on any atom is 0.272 e. The number of pyridine rings is 1. The third-order valence-corrected chi connectivity index (χ3v) is 3.35. The Kier molecular flexibility index (Phi) is 4.58. The van der Waals surface area contributed by atoms with Gasteiger partial charge in [0.2, 0.25) is 0 Å². The average molecular weight is 283 g/mol. The molecule has 0 radical (unpaired) electrons. The number of anilines is 1. The van der Waals surface area contributed by atoms with E-state index < -0.39 is 0 Å². The molecule has 0 aliphatic rings. The van der Waals surface area contributed by atoms with E-state index in [9.17, 15) is 4.79 Å². The Balaban J connectivity index is 2.14. The third-order valence-electron chi connectivity index (χ3n) is 3.35. The van der Waals surface area contributed by atoms with Gasteiger partial charge in [-0.25, -0.2) is 0 Å². The molecule has 0 aliphatic carbocycles. The molecule has 1 N–H and O–H groups in total. The van der Waals surface area contributed by atoms with E-state index in [1.807, 2.05) is 6.07 Å². The summed E-state index contributed by atoms with van der Waals surface area (Å²) in [7, 11) is 3.44. The van der Waals surface area contributed by atoms with Crippen molar-refractivity contribution in [2.45, 2.75) is 19.9 Å². The van der Waals surface area contributed by atoms with Crippen LogP contribution in [0.25, 0.3) is 0 Å². The Bertz CT molecular complexity index is 620. The Labute approximate surface area is 125 Å². The molecule has 0 fully saturated rings. The largest absolute Gasteiger partial charge is 0.378 e. The van der Waals surface area contributed by atoms with Crippen LogP contribution in [0, 0.1) is 6.92 Å². The zero-order valence-electron chi connectivity index (χ0n) is 12.9. The molecule has 2 rings (SSSR count). The van der Waals surface area contributed by atoms with Crippen molar-refractivity contribution >= 4 is 11.6 Å². The van der Waals surface area contributed by atoms with Gasteiger partial charge in [-0.2, -0.15) is 0 Å². The number of aromatic nitrogens is 1. The molecule has 1 unspecified atom stereocenters. The highest BCUT2D eigenvalue weighted by Crippen LogP contribution is 2.20. The zero-order chi connectivity index (χ0) is 15.4. The summed E-state index contributed by atoms with van der Waals surface area (Å²) in [5.74, 6) is -0.0957. The summed E-state index contributed by atoms with van der Waals surface area (Å²) >= 11 is 0. The predicted molar refractivity (Wildman–Crippen MR) is 85.5 cm³/mol. The third kappa shape index (κ3) is 3.81. The van der Waals surface area contributed by atoms with Crippen LogP contribution in [0.2, 0.25) is 0 Å². The van der Waals surface area contributed by atoms with Gasteiger partial charge in [0, 0.05) is 32.0 Å². The molecule has 1 atom stereocenters. The topological polar surface area (TPSA) is 45.2 Å². The summed E-state index contributed by atoms with van der Waals surface area (Å²) in [5.41, 5.74) is 3.79. The highest BCUT2D eigenvalue weighted by molar-refractivity contribution is 5.92. The molecule has 2 aromatic rings. The maximum atomic E-state index is 11.9. The summed E-state index contributed by atoms with van der Waals surface area (Å²) in [6.07, 6.45) is 1.65. The minimum absolute atomic E-state index is 0.0957. The van der Waals surface area contributed by atoms with E-state index in [0.29, 0.717) is 5.69 Å². The normalized spacial score (nSPS) is 11.8. The van der Waals surface area contributed by atoms with Crippen LogP contribution in [0.1, 0.15) is 34.6 Å². The molecule has 0 bridgehead atoms. The summed E-state index contributed by atoms with van der Waals surface area (Å²) in [6.45, 7) is 4.17. The highest BCUT2D eigenvalue weighted by atomic mass is 16.2. The van der Waals surface area contributed by atoms with Gasteiger partial charge in [-0.1, -0.05) is 29.8 Å². The van der Waals surface area contributed by atoms with Crippen molar-refractivity contribution in [3.05, 3.63) is 59.4 Å². The van der Waals surface area contributed by atoms with Crippen molar-refractivity contribution in [1.29, 1.82) is 0 Å². The lowest BCUT2D eigenvalue weighted by molar-refractivity contribution is 0.0822. The van der Waals surface area contributed by atoms with E-state index in [1.165, 1.54) is 16.0 Å². The van der Waals surface area contributed by atoms with E-state index in [2.05, 4.69) is 48.4 Å². The van der Waals surface area contributed by atoms with Crippen LogP contribution in [0.5, 0.6) is 0 Å². The number of carbonyl (C=O) groups is 1. The molecule has 0 spiro atoms. The number of aryl methyl sites for hydroxylation is 1. The standard InChI is InChI=1S/C17H21N3O/c1-12-5-7-14(8-6-12)13(2)19-15-9-10-18-16(11-15)17(21)20(3)4/h5-11,13H,1-4H3,(H,18,19). The number of hydrogen-bond donors (Lipinski definition) is 1. The number of rotatable bonds is 4. The molecule has 1 aromatic heterocycles. The van der Waals surface area contributed by atoms with Crippen LogP contribution < -0.4 is 5.32 Å². The number of nitrogens with zero attached hydrogens (tertiary/aromatic N) is 2. The second kappa shape index (κ2) is 6.39. The molecule has 1 amide bonds. The molecule has 21 heavy (non-hydrogen) atoms. The molecule has 4 nitrogen and oxygen atoms in total. The van der Waals surface area contributed by atoms with Crippen molar-refractivity contribution in [3.63, 3.8) is 0 Å². The van der Waals surface area contributed by atoms with Gasteiger partial charge >= 0.3 is 0 Å². The van der Waals surface area contributed by atoms with Crippen LogP contribution in [-0.4, -0.2) is 29.9 Å². The van der Waals surface area contributed by atoms with E-state index in [1.54, 1.807) is 26.4 Å². The predicted octanol–water partition coefficient (Wildman–Crippen LogP) is 3.26. The average Bonchev–Trinajstić information content (AvgIpc) is 2.47. The molecule has 4 heteroatoms. The van der Waals surface area contributed by atoms with Gasteiger partial charge in [-0.15, -0.1) is 0 Å². The fourth-order valence-corrected chi connectivity index (χ4v) is 2.05. The van der Waals surface area contributed by atoms with Gasteiger partial charge < -0.3 is 10.2 Å². The Morgan fingerprint density at radius 2 is 1.86 bits per heavy atom. The van der Waals surface area contributed by atoms with Gasteiger partial charge in [-0.05, 0) is 31.5 Å². The van der Waals surface area contributed by atoms with Crippen LogP contribution in [-0.2, 0) is 0 Å². The second-order valence-corrected chi connectivity index (χ2v) is 5.41. The second-order valence-electron chi connectivity index (χ2n) is 5.41. The van der Waals surface area contributed by atoms with Gasteiger partial charge in [-0.3, -0.25) is 9.78 Å². The maximum absolute atomic E-state index is 11.9. The lowest BCUT2D eigenvalue weighted by Crippen LogP contribution is -2.22. The van der Waals surface area contributed by atoms with Crippen LogP contribution >= 0.6 is 0 Å². The van der Waals surface area contributed by atoms with Gasteiger partial charge in [0.05, 0.1) is 0 Å². The van der Waals surface area contributed by atoms with E-state index in [-0.39, 0.29) is 11.9 Å². The summed E-state index contributed by atoms with van der Waals surface area (Å²) in [5, 5.41) is 3.40. The molecular weight excluding hydrogens is 262 g/mol. The molecule has 1 aromatic carbocycles. The first-order chi connectivity index (χ1) is 9.97. The Morgan fingerprint density at radius 1 is 1.19 bits per heavy atom. The minimum atomic E-state index is -0.0957. The molecule has 0 saturated heterocycles. The summed E-state index contributed by atoms with van der Waals surface area (Å²) in [6, 6.07) is 12.2. The van der Waals surface area contributed by atoms with Crippen molar-refractivity contribution in [2.24, 2.45) is 0 Å². The van der Waals surface area contributed by atoms with E-state index in [4.69, 9.17) is 0 Å². The monoisotopic (exact) mass is 283 g/mol. The van der Waals surface area contributed by atoms with Crippen LogP contribution in [0.15, 0.2) is 42.6 Å². The van der Waals surface area contributed by atoms with Crippen molar-refractivity contribution in [3.8, 4) is 0 Å². The quantitative estimate of drug-likeness (QED) is 0.936. The first-order valence-corrected chi connectivity index (χ1v) is 6.98. The van der Waals surface area contributed by atoms with Crippen LogP contribution in [0.4, 0.5) is 5.69 Å². The summed E-state index contributed by atoms with van der Waals surface area (Å²) in [4.78, 5) is 17.6. The lowest BCUT2D eigenvalue weighted by atomic mass is 10.1. The molecule has 1 heterocycles. The highest BCUT2D eigenvalue weighted by Gasteiger charge is 2.11. The smallest absolute Gasteiger partial charge is 0.272 e.